The van der Waals surface area contributed by atoms with Gasteiger partial charge in [0.25, 0.3) is 0 Å². The number of rotatable bonds is 3. The van der Waals surface area contributed by atoms with Crippen LogP contribution in [0.3, 0.4) is 0 Å². The molecular formula is C23H29N7. The Morgan fingerprint density at radius 2 is 1.33 bits per heavy atom. The largest absolute Gasteiger partial charge is 0.353 e. The Bertz CT molecular complexity index is 1020. The number of fused-ring (bicyclic) bond motifs is 1. The van der Waals surface area contributed by atoms with Crippen molar-refractivity contribution in [3.05, 3.63) is 48.2 Å². The van der Waals surface area contributed by atoms with E-state index in [1.807, 2.05) is 6.07 Å². The summed E-state index contributed by atoms with van der Waals surface area (Å²) in [5.74, 6) is 2.98. The van der Waals surface area contributed by atoms with E-state index < -0.39 is 0 Å². The second kappa shape index (κ2) is 8.07. The van der Waals surface area contributed by atoms with Gasteiger partial charge in [-0.2, -0.15) is 4.98 Å². The van der Waals surface area contributed by atoms with Gasteiger partial charge in [0.2, 0.25) is 5.95 Å². The van der Waals surface area contributed by atoms with E-state index in [1.54, 1.807) is 0 Å². The molecule has 3 aromatic rings. The lowest BCUT2D eigenvalue weighted by Gasteiger charge is -2.37. The summed E-state index contributed by atoms with van der Waals surface area (Å²) in [6.45, 7) is 9.92. The highest BCUT2D eigenvalue weighted by atomic mass is 15.4. The van der Waals surface area contributed by atoms with Crippen molar-refractivity contribution in [2.24, 2.45) is 0 Å². The van der Waals surface area contributed by atoms with E-state index in [4.69, 9.17) is 15.0 Å². The van der Waals surface area contributed by atoms with Crippen LogP contribution in [0.4, 0.5) is 17.6 Å². The first-order valence-corrected chi connectivity index (χ1v) is 10.8. The second-order valence-electron chi connectivity index (χ2n) is 8.29. The molecule has 0 spiro atoms. The quantitative estimate of drug-likeness (QED) is 0.666. The van der Waals surface area contributed by atoms with Gasteiger partial charge in [-0.15, -0.1) is 0 Å². The third kappa shape index (κ3) is 3.89. The number of nitrogens with zero attached hydrogens (tertiary/aromatic N) is 7. The highest BCUT2D eigenvalue weighted by molar-refractivity contribution is 5.80. The summed E-state index contributed by atoms with van der Waals surface area (Å²) in [6.07, 6.45) is 0. The topological polar surface area (TPSA) is 51.6 Å². The SMILES string of the molecule is Cc1cc(N2CCN(c3ccc4ccccc4n3)CC2)nc(N2CCN(C)CC2)n1. The minimum Gasteiger partial charge on any atom is -0.353 e. The highest BCUT2D eigenvalue weighted by Crippen LogP contribution is 2.23. The van der Waals surface area contributed by atoms with Crippen molar-refractivity contribution in [1.29, 1.82) is 0 Å². The number of likely N-dealkylation sites (N-methyl/N-ethyl adjacent to an activating group) is 1. The summed E-state index contributed by atoms with van der Waals surface area (Å²) in [6, 6.07) is 14.7. The lowest BCUT2D eigenvalue weighted by molar-refractivity contribution is 0.311. The van der Waals surface area contributed by atoms with E-state index in [9.17, 15) is 0 Å². The van der Waals surface area contributed by atoms with Crippen molar-refractivity contribution < 1.29 is 0 Å². The number of aromatic nitrogens is 3. The third-order valence-corrected chi connectivity index (χ3v) is 6.13. The van der Waals surface area contributed by atoms with Crippen LogP contribution >= 0.6 is 0 Å². The maximum Gasteiger partial charge on any atom is 0.227 e. The summed E-state index contributed by atoms with van der Waals surface area (Å²) in [5, 5.41) is 1.19. The molecule has 0 aliphatic carbocycles. The minimum absolute atomic E-state index is 0.872. The predicted molar refractivity (Wildman–Crippen MR) is 123 cm³/mol. The lowest BCUT2D eigenvalue weighted by Crippen LogP contribution is -2.47. The summed E-state index contributed by atoms with van der Waals surface area (Å²) < 4.78 is 0. The van der Waals surface area contributed by atoms with Crippen LogP contribution in [0.1, 0.15) is 5.69 Å². The van der Waals surface area contributed by atoms with Gasteiger partial charge in [-0.3, -0.25) is 0 Å². The van der Waals surface area contributed by atoms with Crippen molar-refractivity contribution in [2.75, 3.05) is 74.1 Å². The molecule has 5 rings (SSSR count). The van der Waals surface area contributed by atoms with Crippen LogP contribution < -0.4 is 14.7 Å². The summed E-state index contributed by atoms with van der Waals surface area (Å²) >= 11 is 0. The van der Waals surface area contributed by atoms with E-state index in [0.717, 1.165) is 81.2 Å². The smallest absolute Gasteiger partial charge is 0.227 e. The van der Waals surface area contributed by atoms with Gasteiger partial charge in [0.1, 0.15) is 11.6 Å². The van der Waals surface area contributed by atoms with Gasteiger partial charge in [0.05, 0.1) is 5.52 Å². The van der Waals surface area contributed by atoms with Gasteiger partial charge in [0.15, 0.2) is 0 Å². The van der Waals surface area contributed by atoms with E-state index >= 15 is 0 Å². The van der Waals surface area contributed by atoms with Crippen molar-refractivity contribution in [3.8, 4) is 0 Å². The van der Waals surface area contributed by atoms with Gasteiger partial charge in [-0.25, -0.2) is 9.97 Å². The molecule has 0 unspecified atom stereocenters. The van der Waals surface area contributed by atoms with Crippen molar-refractivity contribution in [3.63, 3.8) is 0 Å². The molecule has 156 valence electrons. The van der Waals surface area contributed by atoms with Crippen LogP contribution in [0, 0.1) is 6.92 Å². The fourth-order valence-corrected chi connectivity index (χ4v) is 4.24. The Balaban J connectivity index is 1.29. The molecule has 30 heavy (non-hydrogen) atoms. The maximum absolute atomic E-state index is 4.93. The van der Waals surface area contributed by atoms with Crippen LogP contribution in [0.15, 0.2) is 42.5 Å². The Morgan fingerprint density at radius 1 is 0.667 bits per heavy atom. The fourth-order valence-electron chi connectivity index (χ4n) is 4.24. The molecule has 7 heteroatoms. The van der Waals surface area contributed by atoms with Crippen LogP contribution in [0.5, 0.6) is 0 Å². The summed E-state index contributed by atoms with van der Waals surface area (Å²) in [7, 11) is 2.17. The molecule has 2 aliphatic heterocycles. The number of benzene rings is 1. The molecule has 2 aromatic heterocycles. The summed E-state index contributed by atoms with van der Waals surface area (Å²) in [4.78, 5) is 23.9. The molecule has 0 bridgehead atoms. The molecule has 0 radical (unpaired) electrons. The minimum atomic E-state index is 0.872. The second-order valence-corrected chi connectivity index (χ2v) is 8.29. The zero-order chi connectivity index (χ0) is 20.5. The number of para-hydroxylation sites is 1. The molecule has 4 heterocycles. The zero-order valence-electron chi connectivity index (χ0n) is 17.8. The Hall–Kier alpha value is -2.93. The number of hydrogen-bond donors (Lipinski definition) is 0. The number of pyridine rings is 1. The van der Waals surface area contributed by atoms with E-state index in [2.05, 4.69) is 70.0 Å². The Labute approximate surface area is 178 Å². The van der Waals surface area contributed by atoms with Crippen LogP contribution in [0.2, 0.25) is 0 Å². The van der Waals surface area contributed by atoms with Gasteiger partial charge in [0, 0.05) is 69.5 Å². The molecule has 2 aliphatic rings. The van der Waals surface area contributed by atoms with Crippen LogP contribution in [-0.4, -0.2) is 79.3 Å². The number of hydrogen-bond acceptors (Lipinski definition) is 7. The van der Waals surface area contributed by atoms with Crippen molar-refractivity contribution in [2.45, 2.75) is 6.92 Å². The monoisotopic (exact) mass is 403 g/mol. The fraction of sp³-hybridized carbons (Fsp3) is 0.435. The van der Waals surface area contributed by atoms with Gasteiger partial charge < -0.3 is 19.6 Å². The average molecular weight is 404 g/mol. The standard InChI is InChI=1S/C23H29N7/c1-18-17-22(26-23(24-18)30-11-9-27(2)10-12-30)29-15-13-28(14-16-29)21-8-7-19-5-3-4-6-20(19)25-21/h3-8,17H,9-16H2,1-2H3. The van der Waals surface area contributed by atoms with Gasteiger partial charge >= 0.3 is 0 Å². The molecule has 7 nitrogen and oxygen atoms in total. The van der Waals surface area contributed by atoms with E-state index in [0.29, 0.717) is 0 Å². The molecular weight excluding hydrogens is 374 g/mol. The van der Waals surface area contributed by atoms with Gasteiger partial charge in [-0.1, -0.05) is 18.2 Å². The third-order valence-electron chi connectivity index (χ3n) is 6.13. The first-order valence-electron chi connectivity index (χ1n) is 10.8. The molecule has 0 N–H and O–H groups in total. The molecule has 2 saturated heterocycles. The highest BCUT2D eigenvalue weighted by Gasteiger charge is 2.22. The first kappa shape index (κ1) is 19.1. The number of piperazine rings is 2. The van der Waals surface area contributed by atoms with Crippen LogP contribution in [0.25, 0.3) is 10.9 Å². The number of aryl methyl sites for hydroxylation is 1. The van der Waals surface area contributed by atoms with Crippen molar-refractivity contribution >= 4 is 28.5 Å². The Kier molecular flexibility index (Phi) is 5.12. The molecule has 0 amide bonds. The molecule has 0 atom stereocenters. The normalized spacial score (nSPS) is 18.3. The Morgan fingerprint density at radius 3 is 2.10 bits per heavy atom. The van der Waals surface area contributed by atoms with E-state index in [-0.39, 0.29) is 0 Å². The van der Waals surface area contributed by atoms with Crippen molar-refractivity contribution in [1.82, 2.24) is 19.9 Å². The predicted octanol–water partition coefficient (Wildman–Crippen LogP) is 2.41. The average Bonchev–Trinajstić information content (AvgIpc) is 2.79. The molecule has 2 fully saturated rings. The zero-order valence-corrected chi connectivity index (χ0v) is 17.8. The summed E-state index contributed by atoms with van der Waals surface area (Å²) in [5.41, 5.74) is 2.09. The van der Waals surface area contributed by atoms with E-state index in [1.165, 1.54) is 5.39 Å². The molecule has 0 saturated carbocycles. The first-order chi connectivity index (χ1) is 14.7. The number of anilines is 3. The van der Waals surface area contributed by atoms with Gasteiger partial charge in [-0.05, 0) is 32.2 Å². The lowest BCUT2D eigenvalue weighted by atomic mass is 10.2. The van der Waals surface area contributed by atoms with Crippen LogP contribution in [-0.2, 0) is 0 Å². The molecule has 1 aromatic carbocycles. The maximum atomic E-state index is 4.93.